The van der Waals surface area contributed by atoms with Gasteiger partial charge in [0.2, 0.25) is 5.91 Å². The van der Waals surface area contributed by atoms with Gasteiger partial charge in [0.15, 0.2) is 12.6 Å². The Morgan fingerprint density at radius 3 is 1.31 bits per heavy atom. The highest BCUT2D eigenvalue weighted by atomic mass is 16.7. The summed E-state index contributed by atoms with van der Waals surface area (Å²) in [6.07, 6.45) is 53.4. The maximum absolute atomic E-state index is 13.2. The van der Waals surface area contributed by atoms with Crippen molar-refractivity contribution in [1.82, 2.24) is 5.32 Å². The summed E-state index contributed by atoms with van der Waals surface area (Å²) in [5.41, 5.74) is 0. The first-order valence-electron chi connectivity index (χ1n) is 32.7. The van der Waals surface area contributed by atoms with E-state index in [2.05, 4.69) is 79.9 Å². The average molecular weight is 1150 g/mol. The van der Waals surface area contributed by atoms with Crippen molar-refractivity contribution in [2.24, 2.45) is 0 Å². The number of aliphatic hydroxyl groups is 8. The molecule has 2 aliphatic rings. The summed E-state index contributed by atoms with van der Waals surface area (Å²) in [5, 5.41) is 86.6. The van der Waals surface area contributed by atoms with E-state index in [1.807, 2.05) is 6.08 Å². The van der Waals surface area contributed by atoms with Crippen LogP contribution in [0.2, 0.25) is 0 Å². The summed E-state index contributed by atoms with van der Waals surface area (Å²) < 4.78 is 22.6. The Morgan fingerprint density at radius 1 is 0.457 bits per heavy atom. The lowest BCUT2D eigenvalue weighted by molar-refractivity contribution is -0.359. The summed E-state index contributed by atoms with van der Waals surface area (Å²) in [6, 6.07) is -0.911. The second-order valence-electron chi connectivity index (χ2n) is 22.9. The molecule has 0 bridgehead atoms. The number of hydrogen-bond donors (Lipinski definition) is 9. The minimum absolute atomic E-state index is 0.243. The number of aliphatic hydroxyl groups excluding tert-OH is 8. The number of hydrogen-bond acceptors (Lipinski definition) is 13. The number of nitrogens with one attached hydrogen (secondary N) is 1. The summed E-state index contributed by atoms with van der Waals surface area (Å²) in [6.45, 7) is 2.59. The van der Waals surface area contributed by atoms with Crippen molar-refractivity contribution in [1.29, 1.82) is 0 Å². The molecule has 1 amide bonds. The van der Waals surface area contributed by atoms with E-state index < -0.39 is 86.8 Å². The molecule has 2 fully saturated rings. The third-order valence-electron chi connectivity index (χ3n) is 15.6. The first kappa shape index (κ1) is 74.5. The smallest absolute Gasteiger partial charge is 0.220 e. The van der Waals surface area contributed by atoms with Crippen molar-refractivity contribution in [3.63, 3.8) is 0 Å². The van der Waals surface area contributed by atoms with Gasteiger partial charge in [-0.25, -0.2) is 0 Å². The number of rotatable bonds is 52. The molecule has 0 aromatic heterocycles. The summed E-state index contributed by atoms with van der Waals surface area (Å²) in [4.78, 5) is 13.2. The van der Waals surface area contributed by atoms with Crippen LogP contribution in [0.5, 0.6) is 0 Å². The molecule has 2 rings (SSSR count). The predicted octanol–water partition coefficient (Wildman–Crippen LogP) is 12.3. The van der Waals surface area contributed by atoms with Crippen molar-refractivity contribution >= 4 is 5.91 Å². The Kier molecular flexibility index (Phi) is 47.7. The van der Waals surface area contributed by atoms with E-state index in [1.54, 1.807) is 6.08 Å². The van der Waals surface area contributed by atoms with Crippen LogP contribution in [0.15, 0.2) is 72.9 Å². The highest BCUT2D eigenvalue weighted by molar-refractivity contribution is 5.76. The molecule has 470 valence electrons. The average Bonchev–Trinajstić information content (AvgIpc) is 3.55. The van der Waals surface area contributed by atoms with Crippen molar-refractivity contribution in [2.75, 3.05) is 19.8 Å². The molecule has 14 nitrogen and oxygen atoms in total. The molecular formula is C67H119NO13. The number of ether oxygens (including phenoxy) is 4. The van der Waals surface area contributed by atoms with E-state index in [0.717, 1.165) is 83.5 Å². The zero-order valence-corrected chi connectivity index (χ0v) is 50.8. The lowest BCUT2D eigenvalue weighted by Crippen LogP contribution is -2.65. The molecule has 0 aromatic carbocycles. The second-order valence-corrected chi connectivity index (χ2v) is 22.9. The SMILES string of the molecule is CC/C=C\C/C=C\C/C=C\C/C=C\C/C=C\CCCCCCCCCCCCCCCCCCCCCCCCCCCC(=O)NC(COC1OC(CO)C(OC2OC(CO)C(O)C(O)C2O)C(O)C1O)C(O)/C=C/CCCCCC. The van der Waals surface area contributed by atoms with Crippen LogP contribution in [0.3, 0.4) is 0 Å². The standard InChI is InChI=1S/C67H119NO13/c1-3-5-7-9-11-12-13-14-15-16-17-18-19-20-21-22-23-24-25-26-27-28-29-30-31-32-33-34-35-36-37-38-39-40-41-42-43-44-45-47-49-51-59(72)68-55(56(71)50-48-46-10-8-6-4-2)54-78-66-64(77)62(75)65(58(53-70)80-66)81-67-63(76)61(74)60(73)57(52-69)79-67/h5,7,11-12,14-15,17-18,20-21,48,50,55-58,60-67,69-71,73-77H,3-4,6,8-10,13,16,19,22-47,49,51-54H2,1-2H3,(H,68,72)/b7-5-,12-11-,15-14-,18-17-,21-20-,50-48+. The highest BCUT2D eigenvalue weighted by Crippen LogP contribution is 2.30. The molecule has 12 atom stereocenters. The molecule has 2 aliphatic heterocycles. The molecule has 0 spiro atoms. The number of unbranched alkanes of at least 4 members (excludes halogenated alkanes) is 29. The van der Waals surface area contributed by atoms with E-state index in [1.165, 1.54) is 141 Å². The maximum atomic E-state index is 13.2. The van der Waals surface area contributed by atoms with Gasteiger partial charge in [0, 0.05) is 6.42 Å². The molecule has 0 radical (unpaired) electrons. The molecule has 2 saturated heterocycles. The zero-order valence-electron chi connectivity index (χ0n) is 50.8. The largest absolute Gasteiger partial charge is 0.394 e. The van der Waals surface area contributed by atoms with Crippen LogP contribution >= 0.6 is 0 Å². The topological polar surface area (TPSA) is 228 Å². The third kappa shape index (κ3) is 36.8. The fourth-order valence-corrected chi connectivity index (χ4v) is 10.4. The van der Waals surface area contributed by atoms with E-state index in [4.69, 9.17) is 18.9 Å². The number of carbonyl (C=O) groups is 1. The number of allylic oxidation sites excluding steroid dienone is 11. The van der Waals surface area contributed by atoms with Gasteiger partial charge >= 0.3 is 0 Å². The van der Waals surface area contributed by atoms with Crippen LogP contribution in [0, 0.1) is 0 Å². The molecule has 0 aliphatic carbocycles. The van der Waals surface area contributed by atoms with Crippen molar-refractivity contribution < 1.29 is 64.6 Å². The molecule has 81 heavy (non-hydrogen) atoms. The Balaban J connectivity index is 1.46. The van der Waals surface area contributed by atoms with Crippen molar-refractivity contribution in [2.45, 2.75) is 325 Å². The predicted molar refractivity (Wildman–Crippen MR) is 327 cm³/mol. The summed E-state index contributed by atoms with van der Waals surface area (Å²) in [5.74, 6) is -0.243. The minimum Gasteiger partial charge on any atom is -0.394 e. The zero-order chi connectivity index (χ0) is 58.8. The summed E-state index contributed by atoms with van der Waals surface area (Å²) >= 11 is 0. The first-order chi connectivity index (χ1) is 39.6. The van der Waals surface area contributed by atoms with Gasteiger partial charge in [-0.3, -0.25) is 4.79 Å². The highest BCUT2D eigenvalue weighted by Gasteiger charge is 2.51. The first-order valence-corrected chi connectivity index (χ1v) is 32.7. The van der Waals surface area contributed by atoms with Gasteiger partial charge in [-0.05, 0) is 64.2 Å². The molecule has 0 saturated carbocycles. The quantitative estimate of drug-likeness (QED) is 0.0204. The third-order valence-corrected chi connectivity index (χ3v) is 15.6. The van der Waals surface area contributed by atoms with Crippen molar-refractivity contribution in [3.8, 4) is 0 Å². The summed E-state index contributed by atoms with van der Waals surface area (Å²) in [7, 11) is 0. The maximum Gasteiger partial charge on any atom is 0.220 e. The van der Waals surface area contributed by atoms with Gasteiger partial charge in [-0.1, -0.05) is 254 Å². The van der Waals surface area contributed by atoms with Crippen LogP contribution in [-0.2, 0) is 23.7 Å². The van der Waals surface area contributed by atoms with Crippen LogP contribution < -0.4 is 5.32 Å². The fourth-order valence-electron chi connectivity index (χ4n) is 10.4. The molecular weight excluding hydrogens is 1030 g/mol. The van der Waals surface area contributed by atoms with Crippen LogP contribution in [0.25, 0.3) is 0 Å². The van der Waals surface area contributed by atoms with Gasteiger partial charge in [0.05, 0.1) is 32.0 Å². The number of carbonyl (C=O) groups excluding carboxylic acids is 1. The van der Waals surface area contributed by atoms with Gasteiger partial charge in [0.25, 0.3) is 0 Å². The fraction of sp³-hybridized carbons (Fsp3) is 0.806. The van der Waals surface area contributed by atoms with Crippen LogP contribution in [-0.4, -0.2) is 140 Å². The molecule has 0 aromatic rings. The monoisotopic (exact) mass is 1150 g/mol. The normalized spacial score (nSPS) is 24.6. The molecule has 2 heterocycles. The van der Waals surface area contributed by atoms with E-state index in [9.17, 15) is 45.6 Å². The van der Waals surface area contributed by atoms with Gasteiger partial charge in [-0.2, -0.15) is 0 Å². The Bertz CT molecular complexity index is 1630. The molecule has 14 heteroatoms. The Hall–Kier alpha value is -2.57. The Labute approximate surface area is 491 Å². The molecule has 12 unspecified atom stereocenters. The lowest BCUT2D eigenvalue weighted by Gasteiger charge is -2.46. The molecule has 9 N–H and O–H groups in total. The lowest BCUT2D eigenvalue weighted by atomic mass is 9.97. The van der Waals surface area contributed by atoms with Gasteiger partial charge < -0.3 is 65.1 Å². The Morgan fingerprint density at radius 2 is 0.852 bits per heavy atom. The van der Waals surface area contributed by atoms with Crippen LogP contribution in [0.4, 0.5) is 0 Å². The van der Waals surface area contributed by atoms with E-state index in [-0.39, 0.29) is 18.9 Å². The van der Waals surface area contributed by atoms with Gasteiger partial charge in [0.1, 0.15) is 48.8 Å². The van der Waals surface area contributed by atoms with E-state index >= 15 is 0 Å². The minimum atomic E-state index is -1.79. The number of amides is 1. The second kappa shape index (κ2) is 51.8. The van der Waals surface area contributed by atoms with E-state index in [0.29, 0.717) is 6.42 Å². The van der Waals surface area contributed by atoms with Crippen molar-refractivity contribution in [3.05, 3.63) is 72.9 Å². The van der Waals surface area contributed by atoms with Gasteiger partial charge in [-0.15, -0.1) is 0 Å². The van der Waals surface area contributed by atoms with Crippen LogP contribution in [0.1, 0.15) is 251 Å².